The molecular weight excluding hydrogens is 372 g/mol. The van der Waals surface area contributed by atoms with Gasteiger partial charge in [-0.2, -0.15) is 0 Å². The van der Waals surface area contributed by atoms with Crippen LogP contribution in [-0.4, -0.2) is 24.2 Å². The van der Waals surface area contributed by atoms with Crippen molar-refractivity contribution in [2.24, 2.45) is 0 Å². The van der Waals surface area contributed by atoms with Crippen LogP contribution in [0.25, 0.3) is 0 Å². The fraction of sp³-hybridized carbons (Fsp3) is 0.300. The highest BCUT2D eigenvalue weighted by molar-refractivity contribution is 8.00. The number of carbonyl (C=O) groups is 2. The van der Waals surface area contributed by atoms with Crippen LogP contribution in [0.5, 0.6) is 0 Å². The number of ether oxygens (including phenoxy) is 1. The van der Waals surface area contributed by atoms with E-state index >= 15 is 0 Å². The number of amides is 1. The van der Waals surface area contributed by atoms with Crippen molar-refractivity contribution in [2.45, 2.75) is 31.7 Å². The molecule has 1 atom stereocenters. The van der Waals surface area contributed by atoms with E-state index in [1.54, 1.807) is 6.92 Å². The molecule has 7 heteroatoms. The highest BCUT2D eigenvalue weighted by atomic mass is 32.2. The van der Waals surface area contributed by atoms with E-state index in [-0.39, 0.29) is 11.3 Å². The van der Waals surface area contributed by atoms with Gasteiger partial charge in [0.25, 0.3) is 5.91 Å². The summed E-state index contributed by atoms with van der Waals surface area (Å²) in [6.07, 6.45) is 0. The van der Waals surface area contributed by atoms with E-state index in [4.69, 9.17) is 4.74 Å². The van der Waals surface area contributed by atoms with Crippen LogP contribution in [-0.2, 0) is 14.3 Å². The maximum atomic E-state index is 13.7. The second-order valence-electron chi connectivity index (χ2n) is 6.17. The van der Waals surface area contributed by atoms with Gasteiger partial charge in [0.2, 0.25) is 0 Å². The SMILES string of the molecule is Cc1ccc(SCC(=O)OCC(=O)N[C@@H](C)c2ccc(F)cc2F)c(C)c1. The van der Waals surface area contributed by atoms with Crippen LogP contribution in [0.15, 0.2) is 41.3 Å². The van der Waals surface area contributed by atoms with Crippen molar-refractivity contribution in [3.63, 3.8) is 0 Å². The van der Waals surface area contributed by atoms with E-state index in [1.807, 2.05) is 32.0 Å². The van der Waals surface area contributed by atoms with Gasteiger partial charge < -0.3 is 10.1 Å². The standard InChI is InChI=1S/C20H21F2NO3S/c1-12-4-7-18(13(2)8-12)27-11-20(25)26-10-19(24)23-14(3)16-6-5-15(21)9-17(16)22/h4-9,14H,10-11H2,1-3H3,(H,23,24)/t14-/m0/s1. The van der Waals surface area contributed by atoms with Crippen molar-refractivity contribution in [1.29, 1.82) is 0 Å². The Morgan fingerprint density at radius 2 is 1.89 bits per heavy atom. The summed E-state index contributed by atoms with van der Waals surface area (Å²) in [5.41, 5.74) is 2.37. The van der Waals surface area contributed by atoms with E-state index in [0.717, 1.165) is 28.2 Å². The largest absolute Gasteiger partial charge is 0.455 e. The Morgan fingerprint density at radius 3 is 2.56 bits per heavy atom. The number of thioether (sulfide) groups is 1. The number of aryl methyl sites for hydroxylation is 2. The Morgan fingerprint density at radius 1 is 1.15 bits per heavy atom. The summed E-state index contributed by atoms with van der Waals surface area (Å²) in [6.45, 7) is 5.06. The summed E-state index contributed by atoms with van der Waals surface area (Å²) >= 11 is 1.34. The van der Waals surface area contributed by atoms with E-state index in [1.165, 1.54) is 17.8 Å². The maximum absolute atomic E-state index is 13.7. The Hall–Kier alpha value is -2.41. The van der Waals surface area contributed by atoms with E-state index in [0.29, 0.717) is 0 Å². The van der Waals surface area contributed by atoms with Gasteiger partial charge in [0.05, 0.1) is 11.8 Å². The molecule has 2 rings (SSSR count). The molecule has 0 spiro atoms. The molecule has 0 fully saturated rings. The topological polar surface area (TPSA) is 55.4 Å². The minimum absolute atomic E-state index is 0.0827. The van der Waals surface area contributed by atoms with Gasteiger partial charge in [-0.05, 0) is 38.5 Å². The average Bonchev–Trinajstić information content (AvgIpc) is 2.59. The average molecular weight is 393 g/mol. The molecule has 1 N–H and O–H groups in total. The molecule has 2 aromatic rings. The number of nitrogens with one attached hydrogen (secondary N) is 1. The number of esters is 1. The molecule has 27 heavy (non-hydrogen) atoms. The van der Waals surface area contributed by atoms with Crippen molar-refractivity contribution in [3.05, 3.63) is 64.7 Å². The van der Waals surface area contributed by atoms with Gasteiger partial charge in [0.1, 0.15) is 11.6 Å². The van der Waals surface area contributed by atoms with Gasteiger partial charge in [-0.15, -0.1) is 11.8 Å². The van der Waals surface area contributed by atoms with Crippen LogP contribution in [0, 0.1) is 25.5 Å². The fourth-order valence-corrected chi connectivity index (χ4v) is 3.31. The first-order chi connectivity index (χ1) is 12.8. The summed E-state index contributed by atoms with van der Waals surface area (Å²) in [4.78, 5) is 24.7. The number of carbonyl (C=O) groups excluding carboxylic acids is 2. The number of rotatable bonds is 7. The Kier molecular flexibility index (Phi) is 7.36. The lowest BCUT2D eigenvalue weighted by molar-refractivity contribution is -0.146. The third kappa shape index (κ3) is 6.36. The van der Waals surface area contributed by atoms with Crippen LogP contribution in [0.2, 0.25) is 0 Å². The summed E-state index contributed by atoms with van der Waals surface area (Å²) in [6, 6.07) is 8.38. The van der Waals surface area contributed by atoms with Gasteiger partial charge in [-0.3, -0.25) is 9.59 Å². The van der Waals surface area contributed by atoms with E-state index < -0.39 is 36.2 Å². The lowest BCUT2D eigenvalue weighted by atomic mass is 10.1. The lowest BCUT2D eigenvalue weighted by Crippen LogP contribution is -2.31. The number of hydrogen-bond acceptors (Lipinski definition) is 4. The van der Waals surface area contributed by atoms with Gasteiger partial charge >= 0.3 is 5.97 Å². The summed E-state index contributed by atoms with van der Waals surface area (Å²) in [5.74, 6) is -2.43. The predicted molar refractivity (Wildman–Crippen MR) is 101 cm³/mol. The Labute approximate surface area is 161 Å². The first kappa shape index (κ1) is 20.9. The van der Waals surface area contributed by atoms with Gasteiger partial charge in [0.15, 0.2) is 6.61 Å². The Bertz CT molecular complexity index is 842. The molecule has 0 bridgehead atoms. The minimum atomic E-state index is -0.746. The molecule has 0 aliphatic heterocycles. The van der Waals surface area contributed by atoms with Crippen LogP contribution in [0.4, 0.5) is 8.78 Å². The fourth-order valence-electron chi connectivity index (χ4n) is 2.50. The molecule has 0 saturated carbocycles. The molecular formula is C20H21F2NO3S. The first-order valence-corrected chi connectivity index (χ1v) is 9.35. The zero-order chi connectivity index (χ0) is 20.0. The molecule has 0 aliphatic rings. The summed E-state index contributed by atoms with van der Waals surface area (Å²) < 4.78 is 31.6. The normalized spacial score (nSPS) is 11.7. The maximum Gasteiger partial charge on any atom is 0.316 e. The predicted octanol–water partition coefficient (Wildman–Crippen LogP) is 4.09. The third-order valence-electron chi connectivity index (χ3n) is 3.85. The molecule has 0 heterocycles. The highest BCUT2D eigenvalue weighted by Crippen LogP contribution is 2.23. The second-order valence-corrected chi connectivity index (χ2v) is 7.19. The molecule has 0 aromatic heterocycles. The molecule has 144 valence electrons. The zero-order valence-electron chi connectivity index (χ0n) is 15.3. The van der Waals surface area contributed by atoms with Crippen molar-refractivity contribution < 1.29 is 23.1 Å². The smallest absolute Gasteiger partial charge is 0.316 e. The quantitative estimate of drug-likeness (QED) is 0.569. The monoisotopic (exact) mass is 393 g/mol. The van der Waals surface area contributed by atoms with Crippen LogP contribution in [0.1, 0.15) is 29.7 Å². The van der Waals surface area contributed by atoms with Crippen molar-refractivity contribution >= 4 is 23.6 Å². The van der Waals surface area contributed by atoms with E-state index in [9.17, 15) is 18.4 Å². The third-order valence-corrected chi connectivity index (χ3v) is 5.00. The molecule has 0 radical (unpaired) electrons. The lowest BCUT2D eigenvalue weighted by Gasteiger charge is -2.15. The molecule has 1 amide bonds. The van der Waals surface area contributed by atoms with Crippen molar-refractivity contribution in [3.8, 4) is 0 Å². The van der Waals surface area contributed by atoms with Crippen LogP contribution >= 0.6 is 11.8 Å². The second kappa shape index (κ2) is 9.50. The zero-order valence-corrected chi connectivity index (χ0v) is 16.2. The van der Waals surface area contributed by atoms with Gasteiger partial charge in [-0.25, -0.2) is 8.78 Å². The van der Waals surface area contributed by atoms with Crippen molar-refractivity contribution in [2.75, 3.05) is 12.4 Å². The molecule has 0 unspecified atom stereocenters. The molecule has 0 aliphatic carbocycles. The van der Waals surface area contributed by atoms with Gasteiger partial charge in [-0.1, -0.05) is 23.8 Å². The highest BCUT2D eigenvalue weighted by Gasteiger charge is 2.15. The summed E-state index contributed by atoms with van der Waals surface area (Å²) in [7, 11) is 0. The molecule has 4 nitrogen and oxygen atoms in total. The van der Waals surface area contributed by atoms with Crippen LogP contribution in [0.3, 0.4) is 0 Å². The summed E-state index contributed by atoms with van der Waals surface area (Å²) in [5, 5.41) is 2.52. The van der Waals surface area contributed by atoms with Gasteiger partial charge in [0, 0.05) is 16.5 Å². The number of halogens is 2. The number of benzene rings is 2. The van der Waals surface area contributed by atoms with Crippen LogP contribution < -0.4 is 5.32 Å². The van der Waals surface area contributed by atoms with Crippen molar-refractivity contribution in [1.82, 2.24) is 5.32 Å². The Balaban J connectivity index is 1.78. The minimum Gasteiger partial charge on any atom is -0.455 e. The van der Waals surface area contributed by atoms with E-state index in [2.05, 4.69) is 5.32 Å². The molecule has 2 aromatic carbocycles. The first-order valence-electron chi connectivity index (χ1n) is 8.36. The number of hydrogen-bond donors (Lipinski definition) is 1. The molecule has 0 saturated heterocycles.